The van der Waals surface area contributed by atoms with E-state index in [9.17, 15) is 13.2 Å². The molecule has 0 saturated carbocycles. The number of hydrogen-bond donors (Lipinski definition) is 1. The topological polar surface area (TPSA) is 72.5 Å². The zero-order valence-corrected chi connectivity index (χ0v) is 10.6. The molecular weight excluding hydrogens is 218 g/mol. The summed E-state index contributed by atoms with van der Waals surface area (Å²) >= 11 is 0. The van der Waals surface area contributed by atoms with Crippen LogP contribution in [0.5, 0.6) is 0 Å². The second-order valence-electron chi connectivity index (χ2n) is 4.78. The molecule has 1 amide bonds. The maximum atomic E-state index is 11.3. The minimum atomic E-state index is -3.58. The molecule has 6 heteroatoms. The lowest BCUT2D eigenvalue weighted by molar-refractivity contribution is 0.0570. The highest BCUT2D eigenvalue weighted by atomic mass is 32.2. The lowest BCUT2D eigenvalue weighted by Gasteiger charge is -2.19. The number of rotatable bonds is 3. The van der Waals surface area contributed by atoms with Gasteiger partial charge in [0, 0.05) is 0 Å². The zero-order valence-electron chi connectivity index (χ0n) is 9.83. The van der Waals surface area contributed by atoms with E-state index in [4.69, 9.17) is 4.74 Å². The zero-order chi connectivity index (χ0) is 12.3. The molecule has 0 aliphatic heterocycles. The van der Waals surface area contributed by atoms with Gasteiger partial charge in [-0.05, 0) is 26.7 Å². The SMILES string of the molecule is CC(C)CS(=O)(=O)NC(=O)OC(C)(C)C. The van der Waals surface area contributed by atoms with Crippen LogP contribution < -0.4 is 4.72 Å². The number of amides is 1. The highest BCUT2D eigenvalue weighted by Gasteiger charge is 2.21. The molecule has 0 heterocycles. The lowest BCUT2D eigenvalue weighted by atomic mass is 10.2. The van der Waals surface area contributed by atoms with Crippen molar-refractivity contribution in [2.24, 2.45) is 5.92 Å². The van der Waals surface area contributed by atoms with E-state index in [0.717, 1.165) is 0 Å². The van der Waals surface area contributed by atoms with E-state index < -0.39 is 21.7 Å². The molecule has 0 unspecified atom stereocenters. The van der Waals surface area contributed by atoms with Crippen LogP contribution in [0.3, 0.4) is 0 Å². The van der Waals surface area contributed by atoms with Gasteiger partial charge in [0.05, 0.1) is 5.75 Å². The number of hydrogen-bond acceptors (Lipinski definition) is 4. The van der Waals surface area contributed by atoms with Gasteiger partial charge >= 0.3 is 6.09 Å². The molecule has 15 heavy (non-hydrogen) atoms. The average molecular weight is 237 g/mol. The second-order valence-corrected chi connectivity index (χ2v) is 6.55. The first kappa shape index (κ1) is 14.2. The molecule has 0 aromatic rings. The largest absolute Gasteiger partial charge is 0.443 e. The van der Waals surface area contributed by atoms with Crippen LogP contribution in [0, 0.1) is 5.92 Å². The summed E-state index contributed by atoms with van der Waals surface area (Å²) in [5.41, 5.74) is -0.697. The Morgan fingerprint density at radius 1 is 1.33 bits per heavy atom. The molecule has 0 spiro atoms. The van der Waals surface area contributed by atoms with E-state index >= 15 is 0 Å². The van der Waals surface area contributed by atoms with Gasteiger partial charge in [0.2, 0.25) is 10.0 Å². The van der Waals surface area contributed by atoms with Gasteiger partial charge in [0.1, 0.15) is 5.60 Å². The Balaban J connectivity index is 4.30. The highest BCUT2D eigenvalue weighted by molar-refractivity contribution is 7.90. The Bertz CT molecular complexity index is 313. The lowest BCUT2D eigenvalue weighted by Crippen LogP contribution is -2.38. The molecule has 0 fully saturated rings. The fraction of sp³-hybridized carbons (Fsp3) is 0.889. The van der Waals surface area contributed by atoms with E-state index in [1.165, 1.54) is 0 Å². The summed E-state index contributed by atoms with van der Waals surface area (Å²) < 4.78 is 29.3. The van der Waals surface area contributed by atoms with Crippen molar-refractivity contribution in [1.82, 2.24) is 4.72 Å². The summed E-state index contributed by atoms with van der Waals surface area (Å²) in [6, 6.07) is 0. The summed E-state index contributed by atoms with van der Waals surface area (Å²) in [7, 11) is -3.58. The number of nitrogens with one attached hydrogen (secondary N) is 1. The maximum Gasteiger partial charge on any atom is 0.421 e. The predicted molar refractivity (Wildman–Crippen MR) is 58.0 cm³/mol. The predicted octanol–water partition coefficient (Wildman–Crippen LogP) is 1.50. The summed E-state index contributed by atoms with van der Waals surface area (Å²) in [5, 5.41) is 0. The molecule has 0 atom stereocenters. The quantitative estimate of drug-likeness (QED) is 0.807. The van der Waals surface area contributed by atoms with Crippen molar-refractivity contribution >= 4 is 16.1 Å². The molecule has 0 aliphatic rings. The van der Waals surface area contributed by atoms with Gasteiger partial charge in [-0.15, -0.1) is 0 Å². The first-order valence-electron chi connectivity index (χ1n) is 4.75. The van der Waals surface area contributed by atoms with Crippen molar-refractivity contribution in [3.05, 3.63) is 0 Å². The number of carbonyl (C=O) groups is 1. The van der Waals surface area contributed by atoms with Crippen LogP contribution in [-0.2, 0) is 14.8 Å². The molecular formula is C9H19NO4S. The Labute approximate surface area is 91.2 Å². The van der Waals surface area contributed by atoms with E-state index in [1.54, 1.807) is 34.6 Å². The van der Waals surface area contributed by atoms with Crippen LogP contribution in [-0.4, -0.2) is 25.9 Å². The van der Waals surface area contributed by atoms with Gasteiger partial charge in [-0.25, -0.2) is 17.9 Å². The molecule has 0 bridgehead atoms. The molecule has 0 saturated heterocycles. The van der Waals surface area contributed by atoms with Crippen molar-refractivity contribution < 1.29 is 17.9 Å². The molecule has 0 radical (unpaired) electrons. The van der Waals surface area contributed by atoms with Crippen LogP contribution >= 0.6 is 0 Å². The molecule has 90 valence electrons. The van der Waals surface area contributed by atoms with E-state index in [0.29, 0.717) is 0 Å². The van der Waals surface area contributed by atoms with Crippen molar-refractivity contribution in [3.8, 4) is 0 Å². The Kier molecular flexibility index (Phi) is 4.58. The van der Waals surface area contributed by atoms with Crippen LogP contribution in [0.4, 0.5) is 4.79 Å². The molecule has 5 nitrogen and oxygen atoms in total. The van der Waals surface area contributed by atoms with Gasteiger partial charge in [-0.2, -0.15) is 0 Å². The third kappa shape index (κ3) is 8.23. The van der Waals surface area contributed by atoms with Crippen molar-refractivity contribution in [2.45, 2.75) is 40.2 Å². The number of carbonyl (C=O) groups excluding carboxylic acids is 1. The van der Waals surface area contributed by atoms with Crippen molar-refractivity contribution in [2.75, 3.05) is 5.75 Å². The van der Waals surface area contributed by atoms with Crippen LogP contribution in [0.2, 0.25) is 0 Å². The normalized spacial score (nSPS) is 12.7. The second kappa shape index (κ2) is 4.83. The van der Waals surface area contributed by atoms with Crippen LogP contribution in [0.15, 0.2) is 0 Å². The van der Waals surface area contributed by atoms with Gasteiger partial charge < -0.3 is 4.74 Å². The first-order valence-corrected chi connectivity index (χ1v) is 6.40. The first-order chi connectivity index (χ1) is 6.52. The number of sulfonamides is 1. The minimum Gasteiger partial charge on any atom is -0.443 e. The minimum absolute atomic E-state index is 0.0371. The van der Waals surface area contributed by atoms with E-state index in [-0.39, 0.29) is 11.7 Å². The van der Waals surface area contributed by atoms with E-state index in [2.05, 4.69) is 0 Å². The Hall–Kier alpha value is -0.780. The summed E-state index contributed by atoms with van der Waals surface area (Å²) in [6.45, 7) is 8.52. The summed E-state index contributed by atoms with van der Waals surface area (Å²) in [5.74, 6) is -0.128. The highest BCUT2D eigenvalue weighted by Crippen LogP contribution is 2.07. The molecule has 0 aliphatic carbocycles. The third-order valence-electron chi connectivity index (χ3n) is 1.19. The smallest absolute Gasteiger partial charge is 0.421 e. The van der Waals surface area contributed by atoms with Gasteiger partial charge in [0.25, 0.3) is 0 Å². The Morgan fingerprint density at radius 3 is 2.13 bits per heavy atom. The monoisotopic (exact) mass is 237 g/mol. The van der Waals surface area contributed by atoms with Crippen LogP contribution in [0.1, 0.15) is 34.6 Å². The summed E-state index contributed by atoms with van der Waals surface area (Å²) in [4.78, 5) is 11.1. The molecule has 0 aromatic heterocycles. The number of ether oxygens (including phenoxy) is 1. The third-order valence-corrected chi connectivity index (χ3v) is 2.77. The Morgan fingerprint density at radius 2 is 1.80 bits per heavy atom. The maximum absolute atomic E-state index is 11.3. The van der Waals surface area contributed by atoms with Gasteiger partial charge in [-0.3, -0.25) is 0 Å². The van der Waals surface area contributed by atoms with E-state index in [1.807, 2.05) is 4.72 Å². The molecule has 1 N–H and O–H groups in total. The molecule has 0 aromatic carbocycles. The fourth-order valence-electron chi connectivity index (χ4n) is 0.906. The summed E-state index contributed by atoms with van der Waals surface area (Å²) in [6.07, 6.45) is -0.928. The van der Waals surface area contributed by atoms with Gasteiger partial charge in [-0.1, -0.05) is 13.8 Å². The van der Waals surface area contributed by atoms with Crippen molar-refractivity contribution in [1.29, 1.82) is 0 Å². The van der Waals surface area contributed by atoms with Crippen molar-refractivity contribution in [3.63, 3.8) is 0 Å². The standard InChI is InChI=1S/C9H19NO4S/c1-7(2)6-15(12,13)10-8(11)14-9(3,4)5/h7H,6H2,1-5H3,(H,10,11). The molecule has 0 rings (SSSR count). The van der Waals surface area contributed by atoms with Gasteiger partial charge in [0.15, 0.2) is 0 Å². The fourth-order valence-corrected chi connectivity index (χ4v) is 2.16. The van der Waals surface area contributed by atoms with Crippen LogP contribution in [0.25, 0.3) is 0 Å². The average Bonchev–Trinajstić information content (AvgIpc) is 1.73.